The molecule has 2 aromatic rings. The van der Waals surface area contributed by atoms with Crippen molar-refractivity contribution >= 4 is 16.9 Å². The van der Waals surface area contributed by atoms with E-state index in [1.807, 2.05) is 36.2 Å². The van der Waals surface area contributed by atoms with Crippen LogP contribution in [0.4, 0.5) is 5.82 Å². The molecule has 0 radical (unpaired) electrons. The van der Waals surface area contributed by atoms with Crippen LogP contribution in [0.3, 0.4) is 0 Å². The van der Waals surface area contributed by atoms with Crippen molar-refractivity contribution in [3.05, 3.63) is 30.5 Å². The lowest BCUT2D eigenvalue weighted by atomic mass is 10.3. The summed E-state index contributed by atoms with van der Waals surface area (Å²) in [6.45, 7) is 2.30. The van der Waals surface area contributed by atoms with Crippen LogP contribution in [0.2, 0.25) is 0 Å². The minimum Gasteiger partial charge on any atom is -0.392 e. The van der Waals surface area contributed by atoms with E-state index in [9.17, 15) is 5.11 Å². The molecule has 0 saturated carbocycles. The number of hydrogen-bond donors (Lipinski definition) is 1. The zero-order valence-corrected chi connectivity index (χ0v) is 9.46. The maximum Gasteiger partial charge on any atom is 0.147 e. The molecule has 0 spiro atoms. The molecular formula is C12H15N3O. The van der Waals surface area contributed by atoms with Gasteiger partial charge in [0.25, 0.3) is 0 Å². The number of aliphatic hydroxyl groups excluding tert-OH is 1. The molecule has 4 nitrogen and oxygen atoms in total. The summed E-state index contributed by atoms with van der Waals surface area (Å²) >= 11 is 0. The van der Waals surface area contributed by atoms with Crippen LogP contribution < -0.4 is 4.90 Å². The number of likely N-dealkylation sites (N-methyl/N-ethyl adjacent to an activating group) is 1. The highest BCUT2D eigenvalue weighted by atomic mass is 16.3. The van der Waals surface area contributed by atoms with Crippen molar-refractivity contribution in [3.8, 4) is 0 Å². The van der Waals surface area contributed by atoms with Crippen molar-refractivity contribution in [2.45, 2.75) is 13.0 Å². The maximum absolute atomic E-state index is 9.31. The zero-order valence-electron chi connectivity index (χ0n) is 9.46. The fourth-order valence-corrected chi connectivity index (χ4v) is 1.62. The highest BCUT2D eigenvalue weighted by Crippen LogP contribution is 2.14. The van der Waals surface area contributed by atoms with E-state index < -0.39 is 0 Å². The zero-order chi connectivity index (χ0) is 11.5. The number of aromatic nitrogens is 2. The third-order valence-corrected chi connectivity index (χ3v) is 2.37. The van der Waals surface area contributed by atoms with Crippen LogP contribution in [0.15, 0.2) is 30.5 Å². The van der Waals surface area contributed by atoms with Crippen molar-refractivity contribution < 1.29 is 5.11 Å². The summed E-state index contributed by atoms with van der Waals surface area (Å²) in [6, 6.07) is 7.74. The Morgan fingerprint density at radius 3 is 2.69 bits per heavy atom. The molecule has 1 N–H and O–H groups in total. The topological polar surface area (TPSA) is 49.2 Å². The average molecular weight is 217 g/mol. The first-order valence-corrected chi connectivity index (χ1v) is 5.28. The lowest BCUT2D eigenvalue weighted by Crippen LogP contribution is -2.27. The number of benzene rings is 1. The Labute approximate surface area is 94.6 Å². The monoisotopic (exact) mass is 217 g/mol. The van der Waals surface area contributed by atoms with Crippen LogP contribution in [0.5, 0.6) is 0 Å². The predicted molar refractivity (Wildman–Crippen MR) is 64.5 cm³/mol. The second-order valence-corrected chi connectivity index (χ2v) is 3.95. The Bertz CT molecular complexity index is 484. The van der Waals surface area contributed by atoms with E-state index in [0.717, 1.165) is 16.9 Å². The van der Waals surface area contributed by atoms with Crippen molar-refractivity contribution in [2.75, 3.05) is 18.5 Å². The Morgan fingerprint density at radius 1 is 1.31 bits per heavy atom. The molecule has 2 rings (SSSR count). The fourth-order valence-electron chi connectivity index (χ4n) is 1.62. The van der Waals surface area contributed by atoms with Gasteiger partial charge in [-0.05, 0) is 19.1 Å². The van der Waals surface area contributed by atoms with Gasteiger partial charge in [0.15, 0.2) is 0 Å². The molecular weight excluding hydrogens is 202 g/mol. The largest absolute Gasteiger partial charge is 0.392 e. The molecule has 0 fully saturated rings. The van der Waals surface area contributed by atoms with Gasteiger partial charge in [-0.2, -0.15) is 0 Å². The lowest BCUT2D eigenvalue weighted by Gasteiger charge is -2.19. The van der Waals surface area contributed by atoms with Gasteiger partial charge in [0.2, 0.25) is 0 Å². The normalized spacial score (nSPS) is 12.7. The van der Waals surface area contributed by atoms with E-state index in [2.05, 4.69) is 9.97 Å². The molecule has 0 unspecified atom stereocenters. The second-order valence-electron chi connectivity index (χ2n) is 3.95. The molecule has 1 heterocycles. The average Bonchev–Trinajstić information content (AvgIpc) is 2.27. The minimum absolute atomic E-state index is 0.377. The van der Waals surface area contributed by atoms with E-state index in [1.54, 1.807) is 13.1 Å². The molecule has 4 heteroatoms. The van der Waals surface area contributed by atoms with Gasteiger partial charge in [-0.3, -0.25) is 4.98 Å². The Balaban J connectivity index is 2.32. The Morgan fingerprint density at radius 2 is 2.00 bits per heavy atom. The summed E-state index contributed by atoms with van der Waals surface area (Å²) in [5.74, 6) is 0.777. The van der Waals surface area contributed by atoms with Crippen molar-refractivity contribution in [3.63, 3.8) is 0 Å². The number of hydrogen-bond acceptors (Lipinski definition) is 4. The molecule has 1 aromatic carbocycles. The van der Waals surface area contributed by atoms with Gasteiger partial charge in [-0.15, -0.1) is 0 Å². The van der Waals surface area contributed by atoms with Gasteiger partial charge in [-0.25, -0.2) is 4.98 Å². The number of fused-ring (bicyclic) bond motifs is 1. The molecule has 0 saturated heterocycles. The van der Waals surface area contributed by atoms with E-state index in [0.29, 0.717) is 6.54 Å². The summed E-state index contributed by atoms with van der Waals surface area (Å²) in [4.78, 5) is 10.7. The van der Waals surface area contributed by atoms with Crippen LogP contribution in [0.25, 0.3) is 11.0 Å². The van der Waals surface area contributed by atoms with Crippen LogP contribution >= 0.6 is 0 Å². The van der Waals surface area contributed by atoms with Crippen molar-refractivity contribution in [2.24, 2.45) is 0 Å². The van der Waals surface area contributed by atoms with Crippen LogP contribution in [-0.2, 0) is 0 Å². The molecule has 84 valence electrons. The van der Waals surface area contributed by atoms with Gasteiger partial charge in [0.05, 0.1) is 23.3 Å². The van der Waals surface area contributed by atoms with E-state index in [-0.39, 0.29) is 6.10 Å². The molecule has 1 atom stereocenters. The standard InChI is InChI=1S/C12H15N3O/c1-9(16)8-15(2)12-7-13-10-5-3-4-6-11(10)14-12/h3-7,9,16H,8H2,1-2H3/t9-/m1/s1. The number of anilines is 1. The highest BCUT2D eigenvalue weighted by Gasteiger charge is 2.06. The highest BCUT2D eigenvalue weighted by molar-refractivity contribution is 5.75. The lowest BCUT2D eigenvalue weighted by molar-refractivity contribution is 0.201. The van der Waals surface area contributed by atoms with Crippen molar-refractivity contribution in [1.29, 1.82) is 0 Å². The van der Waals surface area contributed by atoms with Gasteiger partial charge in [0, 0.05) is 13.6 Å². The second kappa shape index (κ2) is 4.45. The molecule has 16 heavy (non-hydrogen) atoms. The maximum atomic E-state index is 9.31. The van der Waals surface area contributed by atoms with Crippen LogP contribution in [0.1, 0.15) is 6.92 Å². The third kappa shape index (κ3) is 2.28. The number of nitrogens with zero attached hydrogens (tertiary/aromatic N) is 3. The first-order chi connectivity index (χ1) is 7.66. The molecule has 0 amide bonds. The SMILES string of the molecule is C[C@@H](O)CN(C)c1cnc2ccccc2n1. The third-order valence-electron chi connectivity index (χ3n) is 2.37. The van der Waals surface area contributed by atoms with Crippen molar-refractivity contribution in [1.82, 2.24) is 9.97 Å². The minimum atomic E-state index is -0.377. The molecule has 0 aliphatic heterocycles. The predicted octanol–water partition coefficient (Wildman–Crippen LogP) is 1.45. The first-order valence-electron chi connectivity index (χ1n) is 5.28. The van der Waals surface area contributed by atoms with E-state index >= 15 is 0 Å². The van der Waals surface area contributed by atoms with Gasteiger partial charge >= 0.3 is 0 Å². The van der Waals surface area contributed by atoms with Gasteiger partial charge in [0.1, 0.15) is 5.82 Å². The van der Waals surface area contributed by atoms with Gasteiger partial charge in [-0.1, -0.05) is 12.1 Å². The summed E-state index contributed by atoms with van der Waals surface area (Å²) in [5, 5.41) is 9.31. The van der Waals surface area contributed by atoms with Crippen LogP contribution in [-0.4, -0.2) is 34.8 Å². The Kier molecular flexibility index (Phi) is 3.01. The number of aliphatic hydroxyl groups is 1. The summed E-state index contributed by atoms with van der Waals surface area (Å²) in [5.41, 5.74) is 1.76. The molecule has 0 aliphatic rings. The first kappa shape index (κ1) is 10.8. The smallest absolute Gasteiger partial charge is 0.147 e. The summed E-state index contributed by atoms with van der Waals surface area (Å²) in [7, 11) is 1.89. The van der Waals surface area contributed by atoms with Gasteiger partial charge < -0.3 is 10.0 Å². The molecule has 1 aromatic heterocycles. The fraction of sp³-hybridized carbons (Fsp3) is 0.333. The van der Waals surface area contributed by atoms with Crippen LogP contribution in [0, 0.1) is 0 Å². The van der Waals surface area contributed by atoms with E-state index in [4.69, 9.17) is 0 Å². The molecule has 0 aliphatic carbocycles. The number of para-hydroxylation sites is 2. The quantitative estimate of drug-likeness (QED) is 0.845. The summed E-state index contributed by atoms with van der Waals surface area (Å²) in [6.07, 6.45) is 1.35. The number of rotatable bonds is 3. The summed E-state index contributed by atoms with van der Waals surface area (Å²) < 4.78 is 0. The molecule has 0 bridgehead atoms. The van der Waals surface area contributed by atoms with E-state index in [1.165, 1.54) is 0 Å². The Hall–Kier alpha value is -1.68.